The molecule has 4 nitrogen and oxygen atoms in total. The van der Waals surface area contributed by atoms with E-state index in [1.54, 1.807) is 18.2 Å². The van der Waals surface area contributed by atoms with Gasteiger partial charge in [0.1, 0.15) is 30.1 Å². The fourth-order valence-electron chi connectivity index (χ4n) is 1.85. The van der Waals surface area contributed by atoms with Gasteiger partial charge in [0.15, 0.2) is 0 Å². The minimum Gasteiger partial charge on any atom is -0.487 e. The summed E-state index contributed by atoms with van der Waals surface area (Å²) in [5.74, 6) is 0.389. The van der Waals surface area contributed by atoms with E-state index >= 15 is 0 Å². The first-order chi connectivity index (χ1) is 9.26. The summed E-state index contributed by atoms with van der Waals surface area (Å²) in [5, 5.41) is 4.22. The number of alkyl halides is 1. The first kappa shape index (κ1) is 12.0. The van der Waals surface area contributed by atoms with Gasteiger partial charge in [-0.05, 0) is 6.07 Å². The van der Waals surface area contributed by atoms with Crippen LogP contribution in [0.5, 0.6) is 5.75 Å². The summed E-state index contributed by atoms with van der Waals surface area (Å²) in [4.78, 5) is 3.03. The van der Waals surface area contributed by atoms with Crippen molar-refractivity contribution in [3.8, 4) is 5.75 Å². The van der Waals surface area contributed by atoms with Gasteiger partial charge in [-0.2, -0.15) is 0 Å². The van der Waals surface area contributed by atoms with E-state index < -0.39 is 0 Å². The fourth-order valence-corrected chi connectivity index (χ4v) is 1.99. The lowest BCUT2D eigenvalue weighted by atomic mass is 10.2. The molecule has 0 aliphatic carbocycles. The Morgan fingerprint density at radius 1 is 1.37 bits per heavy atom. The number of ether oxygens (including phenoxy) is 1. The zero-order chi connectivity index (χ0) is 13.2. The smallest absolute Gasteiger partial charge is 0.136 e. The molecule has 1 N–H and O–H groups in total. The molecule has 0 aliphatic rings. The van der Waals surface area contributed by atoms with Crippen LogP contribution in [0.1, 0.15) is 11.4 Å². The number of nitrogens with one attached hydrogen (secondary N) is 1. The molecule has 3 rings (SSSR count). The lowest BCUT2D eigenvalue weighted by Crippen LogP contribution is -1.96. The summed E-state index contributed by atoms with van der Waals surface area (Å²) in [6.07, 6.45) is 1.46. The lowest BCUT2D eigenvalue weighted by Gasteiger charge is -2.04. The van der Waals surface area contributed by atoms with Crippen LogP contribution in [0, 0.1) is 5.82 Å². The molecule has 0 saturated heterocycles. The number of hydrogen-bond acceptors (Lipinski definition) is 3. The molecule has 0 aliphatic heterocycles. The highest BCUT2D eigenvalue weighted by atomic mass is 35.5. The van der Waals surface area contributed by atoms with Gasteiger partial charge in [-0.1, -0.05) is 5.16 Å². The predicted octanol–water partition coefficient (Wildman–Crippen LogP) is 3.61. The van der Waals surface area contributed by atoms with Gasteiger partial charge < -0.3 is 14.2 Å². The first-order valence-electron chi connectivity index (χ1n) is 5.65. The van der Waals surface area contributed by atoms with Crippen LogP contribution in [-0.4, -0.2) is 10.1 Å². The molecule has 0 unspecified atom stereocenters. The quantitative estimate of drug-likeness (QED) is 0.743. The Hall–Kier alpha value is -2.01. The SMILES string of the molecule is Fc1cc(OCc2ccon2)cc2[nH]c(CCl)cc12. The van der Waals surface area contributed by atoms with Crippen molar-refractivity contribution in [2.45, 2.75) is 12.5 Å². The Kier molecular flexibility index (Phi) is 3.13. The zero-order valence-corrected chi connectivity index (χ0v) is 10.6. The topological polar surface area (TPSA) is 51.1 Å². The van der Waals surface area contributed by atoms with Gasteiger partial charge in [-0.25, -0.2) is 4.39 Å². The number of aromatic amines is 1. The summed E-state index contributed by atoms with van der Waals surface area (Å²) in [5.41, 5.74) is 2.07. The molecule has 19 heavy (non-hydrogen) atoms. The highest BCUT2D eigenvalue weighted by molar-refractivity contribution is 6.17. The third-order valence-corrected chi connectivity index (χ3v) is 3.03. The van der Waals surface area contributed by atoms with E-state index in [1.165, 1.54) is 12.3 Å². The fraction of sp³-hybridized carbons (Fsp3) is 0.154. The largest absolute Gasteiger partial charge is 0.487 e. The van der Waals surface area contributed by atoms with Crippen molar-refractivity contribution in [3.63, 3.8) is 0 Å². The molecule has 98 valence electrons. The lowest BCUT2D eigenvalue weighted by molar-refractivity contribution is 0.288. The van der Waals surface area contributed by atoms with E-state index in [0.717, 1.165) is 5.69 Å². The van der Waals surface area contributed by atoms with E-state index in [1.807, 2.05) is 0 Å². The monoisotopic (exact) mass is 280 g/mol. The van der Waals surface area contributed by atoms with Crippen LogP contribution in [0.2, 0.25) is 0 Å². The Morgan fingerprint density at radius 3 is 3.00 bits per heavy atom. The molecule has 0 saturated carbocycles. The summed E-state index contributed by atoms with van der Waals surface area (Å²) in [7, 11) is 0. The minimum atomic E-state index is -0.347. The van der Waals surface area contributed by atoms with Crippen LogP contribution in [0.15, 0.2) is 35.1 Å². The highest BCUT2D eigenvalue weighted by Crippen LogP contribution is 2.26. The summed E-state index contributed by atoms with van der Waals surface area (Å²) >= 11 is 5.72. The third-order valence-electron chi connectivity index (χ3n) is 2.74. The van der Waals surface area contributed by atoms with Gasteiger partial charge in [0.25, 0.3) is 0 Å². The Morgan fingerprint density at radius 2 is 2.26 bits per heavy atom. The molecule has 3 aromatic rings. The van der Waals surface area contributed by atoms with Crippen LogP contribution < -0.4 is 4.74 Å². The average molecular weight is 281 g/mol. The van der Waals surface area contributed by atoms with Gasteiger partial charge in [0.2, 0.25) is 0 Å². The van der Waals surface area contributed by atoms with E-state index in [4.69, 9.17) is 16.3 Å². The van der Waals surface area contributed by atoms with Crippen molar-refractivity contribution in [3.05, 3.63) is 47.7 Å². The molecule has 6 heteroatoms. The van der Waals surface area contributed by atoms with E-state index in [9.17, 15) is 4.39 Å². The van der Waals surface area contributed by atoms with Crippen molar-refractivity contribution in [1.82, 2.24) is 10.1 Å². The molecule has 0 radical (unpaired) electrons. The summed E-state index contributed by atoms with van der Waals surface area (Å²) in [6.45, 7) is 0.227. The van der Waals surface area contributed by atoms with Crippen LogP contribution in [0.25, 0.3) is 10.9 Å². The molecular weight excluding hydrogens is 271 g/mol. The van der Waals surface area contributed by atoms with Crippen LogP contribution in [-0.2, 0) is 12.5 Å². The molecule has 1 aromatic carbocycles. The predicted molar refractivity (Wildman–Crippen MR) is 68.6 cm³/mol. The van der Waals surface area contributed by atoms with Crippen molar-refractivity contribution in [2.75, 3.05) is 0 Å². The number of rotatable bonds is 4. The van der Waals surface area contributed by atoms with E-state index in [-0.39, 0.29) is 12.4 Å². The maximum Gasteiger partial charge on any atom is 0.136 e. The van der Waals surface area contributed by atoms with Crippen molar-refractivity contribution < 1.29 is 13.7 Å². The molecule has 2 aromatic heterocycles. The molecule has 2 heterocycles. The van der Waals surface area contributed by atoms with Crippen molar-refractivity contribution in [1.29, 1.82) is 0 Å². The standard InChI is InChI=1S/C13H10ClFN2O2/c14-6-9-3-11-12(15)4-10(5-13(11)16-9)18-7-8-1-2-19-17-8/h1-5,16H,6-7H2. The Balaban J connectivity index is 1.87. The number of benzene rings is 1. The second-order valence-corrected chi connectivity index (χ2v) is 4.34. The normalized spacial score (nSPS) is 11.1. The van der Waals surface area contributed by atoms with Gasteiger partial charge >= 0.3 is 0 Å². The van der Waals surface area contributed by atoms with Crippen LogP contribution >= 0.6 is 11.6 Å². The maximum atomic E-state index is 13.9. The second kappa shape index (κ2) is 4.93. The molecule has 0 atom stereocenters. The van der Waals surface area contributed by atoms with Gasteiger partial charge in [-0.15, -0.1) is 11.6 Å². The maximum absolute atomic E-state index is 13.9. The third kappa shape index (κ3) is 2.42. The Bertz CT molecular complexity index is 694. The van der Waals surface area contributed by atoms with Crippen LogP contribution in [0.3, 0.4) is 0 Å². The van der Waals surface area contributed by atoms with Crippen LogP contribution in [0.4, 0.5) is 4.39 Å². The van der Waals surface area contributed by atoms with Crippen molar-refractivity contribution in [2.24, 2.45) is 0 Å². The number of hydrogen-bond donors (Lipinski definition) is 1. The van der Waals surface area contributed by atoms with E-state index in [0.29, 0.717) is 28.2 Å². The number of aromatic nitrogens is 2. The van der Waals surface area contributed by atoms with Gasteiger partial charge in [0.05, 0.1) is 11.4 Å². The second-order valence-electron chi connectivity index (χ2n) is 4.07. The van der Waals surface area contributed by atoms with Gasteiger partial charge in [0, 0.05) is 29.3 Å². The molecule has 0 fully saturated rings. The van der Waals surface area contributed by atoms with Crippen molar-refractivity contribution >= 4 is 22.5 Å². The Labute approximate surface area is 113 Å². The number of H-pyrrole nitrogens is 1. The zero-order valence-electron chi connectivity index (χ0n) is 9.82. The number of nitrogens with zero attached hydrogens (tertiary/aromatic N) is 1. The van der Waals surface area contributed by atoms with Gasteiger partial charge in [-0.3, -0.25) is 0 Å². The summed E-state index contributed by atoms with van der Waals surface area (Å²) < 4.78 is 24.0. The number of halogens is 2. The molecule has 0 amide bonds. The number of fused-ring (bicyclic) bond motifs is 1. The van der Waals surface area contributed by atoms with E-state index in [2.05, 4.69) is 14.7 Å². The molecular formula is C13H10ClFN2O2. The first-order valence-corrected chi connectivity index (χ1v) is 6.19. The molecule has 0 bridgehead atoms. The average Bonchev–Trinajstić information content (AvgIpc) is 3.05. The summed E-state index contributed by atoms with van der Waals surface area (Å²) in [6, 6.07) is 6.46. The minimum absolute atomic E-state index is 0.227. The molecule has 0 spiro atoms. The highest BCUT2D eigenvalue weighted by Gasteiger charge is 2.09.